The first kappa shape index (κ1) is 15.4. The molecule has 0 bridgehead atoms. The maximum absolute atomic E-state index is 12.0. The molecule has 21 heavy (non-hydrogen) atoms. The number of hydrogen-bond acceptors (Lipinski definition) is 3. The lowest BCUT2D eigenvalue weighted by molar-refractivity contribution is -0.157. The number of benzene rings is 1. The van der Waals surface area contributed by atoms with Crippen LogP contribution in [0.25, 0.3) is 0 Å². The first-order chi connectivity index (χ1) is 10.1. The van der Waals surface area contributed by atoms with Gasteiger partial charge in [-0.25, -0.2) is 0 Å². The fourth-order valence-corrected chi connectivity index (χ4v) is 2.58. The molecule has 1 aromatic rings. The van der Waals surface area contributed by atoms with E-state index in [1.165, 1.54) is 0 Å². The standard InChI is InChI=1S/C16H21NO4/c1-2-21-13-7-4-3-6-12(13)11-17-14(18)10-16(15(19)20)8-5-9-16/h3-4,6-7H,2,5,8-11H2,1H3,(H,17,18)(H,19,20). The number of amides is 1. The Hall–Kier alpha value is -2.04. The average molecular weight is 291 g/mol. The van der Waals surface area contributed by atoms with Crippen LogP contribution in [0.1, 0.15) is 38.2 Å². The zero-order valence-corrected chi connectivity index (χ0v) is 12.2. The van der Waals surface area contributed by atoms with Gasteiger partial charge in [0.25, 0.3) is 0 Å². The van der Waals surface area contributed by atoms with Gasteiger partial charge < -0.3 is 15.2 Å². The van der Waals surface area contributed by atoms with E-state index >= 15 is 0 Å². The number of carboxylic acid groups (broad SMARTS) is 1. The molecule has 1 aliphatic carbocycles. The SMILES string of the molecule is CCOc1ccccc1CNC(=O)CC1(C(=O)O)CCC1. The molecule has 1 aromatic carbocycles. The van der Waals surface area contributed by atoms with Gasteiger partial charge in [0.2, 0.25) is 5.91 Å². The summed E-state index contributed by atoms with van der Waals surface area (Å²) in [5.41, 5.74) is 0.0504. The number of ether oxygens (including phenoxy) is 1. The molecule has 1 fully saturated rings. The molecule has 0 aliphatic heterocycles. The quantitative estimate of drug-likeness (QED) is 0.808. The Labute approximate surface area is 124 Å². The van der Waals surface area contributed by atoms with Gasteiger partial charge in [0.05, 0.1) is 12.0 Å². The number of carboxylic acids is 1. The molecule has 2 N–H and O–H groups in total. The maximum Gasteiger partial charge on any atom is 0.310 e. The minimum absolute atomic E-state index is 0.0547. The van der Waals surface area contributed by atoms with Gasteiger partial charge in [-0.3, -0.25) is 9.59 Å². The molecular weight excluding hydrogens is 270 g/mol. The minimum Gasteiger partial charge on any atom is -0.494 e. The van der Waals surface area contributed by atoms with Crippen LogP contribution < -0.4 is 10.1 Å². The third kappa shape index (κ3) is 3.54. The van der Waals surface area contributed by atoms with Gasteiger partial charge in [0.15, 0.2) is 0 Å². The summed E-state index contributed by atoms with van der Waals surface area (Å²) in [7, 11) is 0. The molecule has 0 spiro atoms. The Balaban J connectivity index is 1.91. The number of carbonyl (C=O) groups excluding carboxylic acids is 1. The summed E-state index contributed by atoms with van der Waals surface area (Å²) < 4.78 is 5.50. The first-order valence-corrected chi connectivity index (χ1v) is 7.28. The molecule has 0 atom stereocenters. The highest BCUT2D eigenvalue weighted by molar-refractivity contribution is 5.85. The first-order valence-electron chi connectivity index (χ1n) is 7.28. The summed E-state index contributed by atoms with van der Waals surface area (Å²) in [6, 6.07) is 7.51. The topological polar surface area (TPSA) is 75.6 Å². The van der Waals surface area contributed by atoms with Crippen LogP contribution >= 0.6 is 0 Å². The van der Waals surface area contributed by atoms with Crippen molar-refractivity contribution in [2.75, 3.05) is 6.61 Å². The van der Waals surface area contributed by atoms with Crippen LogP contribution in [0.2, 0.25) is 0 Å². The van der Waals surface area contributed by atoms with Crippen molar-refractivity contribution in [3.05, 3.63) is 29.8 Å². The molecule has 2 rings (SSSR count). The molecule has 0 saturated heterocycles. The van der Waals surface area contributed by atoms with Crippen LogP contribution in [0, 0.1) is 5.41 Å². The van der Waals surface area contributed by atoms with Crippen molar-refractivity contribution in [1.29, 1.82) is 0 Å². The number of nitrogens with one attached hydrogen (secondary N) is 1. The van der Waals surface area contributed by atoms with E-state index in [2.05, 4.69) is 5.32 Å². The number of carbonyl (C=O) groups is 2. The van der Waals surface area contributed by atoms with Crippen LogP contribution in [-0.4, -0.2) is 23.6 Å². The van der Waals surface area contributed by atoms with Gasteiger partial charge in [-0.1, -0.05) is 24.6 Å². The van der Waals surface area contributed by atoms with Crippen molar-refractivity contribution in [3.8, 4) is 5.75 Å². The molecule has 0 unspecified atom stereocenters. The van der Waals surface area contributed by atoms with Crippen molar-refractivity contribution < 1.29 is 19.4 Å². The normalized spacial score (nSPS) is 15.9. The number of hydrogen-bond donors (Lipinski definition) is 2. The van der Waals surface area contributed by atoms with Gasteiger partial charge in [0.1, 0.15) is 5.75 Å². The summed E-state index contributed by atoms with van der Waals surface area (Å²) in [4.78, 5) is 23.2. The Morgan fingerprint density at radius 1 is 1.33 bits per heavy atom. The number of rotatable bonds is 7. The second-order valence-electron chi connectivity index (χ2n) is 5.43. The molecule has 5 nitrogen and oxygen atoms in total. The van der Waals surface area contributed by atoms with E-state index in [4.69, 9.17) is 4.74 Å². The highest BCUT2D eigenvalue weighted by Crippen LogP contribution is 2.44. The lowest BCUT2D eigenvalue weighted by Crippen LogP contribution is -2.42. The summed E-state index contributed by atoms with van der Waals surface area (Å²) in [6.07, 6.45) is 2.11. The highest BCUT2D eigenvalue weighted by Gasteiger charge is 2.45. The van der Waals surface area contributed by atoms with E-state index in [1.54, 1.807) is 0 Å². The summed E-state index contributed by atoms with van der Waals surface area (Å²) in [5, 5.41) is 12.0. The molecule has 0 aromatic heterocycles. The Kier molecular flexibility index (Phi) is 4.83. The van der Waals surface area contributed by atoms with E-state index in [9.17, 15) is 14.7 Å². The van der Waals surface area contributed by atoms with E-state index < -0.39 is 11.4 Å². The third-order valence-corrected chi connectivity index (χ3v) is 4.01. The van der Waals surface area contributed by atoms with Crippen molar-refractivity contribution in [2.45, 2.75) is 39.2 Å². The van der Waals surface area contributed by atoms with Crippen LogP contribution in [0.4, 0.5) is 0 Å². The number of aliphatic carboxylic acids is 1. The summed E-state index contributed by atoms with van der Waals surface area (Å²) in [6.45, 7) is 2.82. The Morgan fingerprint density at radius 3 is 2.62 bits per heavy atom. The monoisotopic (exact) mass is 291 g/mol. The third-order valence-electron chi connectivity index (χ3n) is 4.01. The Bertz CT molecular complexity index is 523. The van der Waals surface area contributed by atoms with Crippen LogP contribution in [0.3, 0.4) is 0 Å². The molecule has 5 heteroatoms. The lowest BCUT2D eigenvalue weighted by atomic mass is 9.66. The molecule has 0 radical (unpaired) electrons. The van der Waals surface area contributed by atoms with E-state index in [-0.39, 0.29) is 12.3 Å². The molecular formula is C16H21NO4. The van der Waals surface area contributed by atoms with Crippen molar-refractivity contribution in [3.63, 3.8) is 0 Å². The van der Waals surface area contributed by atoms with Crippen molar-refractivity contribution in [2.24, 2.45) is 5.41 Å². The zero-order chi connectivity index (χ0) is 15.3. The van der Waals surface area contributed by atoms with E-state index in [0.29, 0.717) is 26.0 Å². The minimum atomic E-state index is -0.862. The van der Waals surface area contributed by atoms with Gasteiger partial charge in [0, 0.05) is 18.5 Å². The predicted octanol–water partition coefficient (Wildman–Crippen LogP) is 2.35. The summed E-state index contributed by atoms with van der Waals surface area (Å²) >= 11 is 0. The highest BCUT2D eigenvalue weighted by atomic mass is 16.5. The second-order valence-corrected chi connectivity index (χ2v) is 5.43. The molecule has 1 saturated carbocycles. The lowest BCUT2D eigenvalue weighted by Gasteiger charge is -2.36. The van der Waals surface area contributed by atoms with Gasteiger partial charge in [-0.2, -0.15) is 0 Å². The average Bonchev–Trinajstić information content (AvgIpc) is 2.42. The largest absolute Gasteiger partial charge is 0.494 e. The zero-order valence-electron chi connectivity index (χ0n) is 12.2. The molecule has 114 valence electrons. The fraction of sp³-hybridized carbons (Fsp3) is 0.500. The van der Waals surface area contributed by atoms with Crippen LogP contribution in [0.5, 0.6) is 5.75 Å². The fourth-order valence-electron chi connectivity index (χ4n) is 2.58. The van der Waals surface area contributed by atoms with Crippen molar-refractivity contribution in [1.82, 2.24) is 5.32 Å². The molecule has 1 aliphatic rings. The van der Waals surface area contributed by atoms with E-state index in [0.717, 1.165) is 17.7 Å². The second kappa shape index (κ2) is 6.61. The Morgan fingerprint density at radius 2 is 2.05 bits per heavy atom. The maximum atomic E-state index is 12.0. The van der Waals surface area contributed by atoms with Crippen molar-refractivity contribution >= 4 is 11.9 Å². The number of para-hydroxylation sites is 1. The van der Waals surface area contributed by atoms with Gasteiger partial charge in [-0.15, -0.1) is 0 Å². The summed E-state index contributed by atoms with van der Waals surface area (Å²) in [5.74, 6) is -0.334. The van der Waals surface area contributed by atoms with E-state index in [1.807, 2.05) is 31.2 Å². The smallest absolute Gasteiger partial charge is 0.310 e. The van der Waals surface area contributed by atoms with Crippen LogP contribution in [-0.2, 0) is 16.1 Å². The molecule has 0 heterocycles. The molecule has 1 amide bonds. The van der Waals surface area contributed by atoms with Gasteiger partial charge >= 0.3 is 5.97 Å². The predicted molar refractivity (Wildman–Crippen MR) is 78.0 cm³/mol. The van der Waals surface area contributed by atoms with Gasteiger partial charge in [-0.05, 0) is 25.8 Å². The van der Waals surface area contributed by atoms with Crippen LogP contribution in [0.15, 0.2) is 24.3 Å².